The molecule has 9 nitrogen and oxygen atoms in total. The van der Waals surface area contributed by atoms with E-state index in [0.29, 0.717) is 23.9 Å². The minimum Gasteiger partial charge on any atom is -0.462 e. The van der Waals surface area contributed by atoms with Crippen molar-refractivity contribution in [1.82, 2.24) is 0 Å². The summed E-state index contributed by atoms with van der Waals surface area (Å²) in [6.45, 7) is 4.13. The SMILES string of the molecule is CC/C=C/C/C=C/C/C=C/C/C=C/C/C=C/CCCC(=O)OC[C@H](COP(=O)(O)OCC[N+](C)(C)C)OC(=O)CCCC/C=C/C/C=C/C/C=C/CCCCC. The maximum Gasteiger partial charge on any atom is 0.472 e. The van der Waals surface area contributed by atoms with E-state index in [-0.39, 0.29) is 26.1 Å². The highest BCUT2D eigenvalue weighted by atomic mass is 31.2. The molecule has 0 amide bonds. The minimum absolute atomic E-state index is 0.00980. The molecule has 0 radical (unpaired) electrons. The van der Waals surface area contributed by atoms with Crippen molar-refractivity contribution in [2.45, 2.75) is 136 Å². The van der Waals surface area contributed by atoms with Crippen LogP contribution in [0, 0.1) is 0 Å². The number of unbranched alkanes of at least 4 members (excludes halogenated alkanes) is 6. The molecular formula is C46H77NO8P+. The summed E-state index contributed by atoms with van der Waals surface area (Å²) in [5, 5.41) is 0. The van der Waals surface area contributed by atoms with Gasteiger partial charge in [-0.3, -0.25) is 18.6 Å². The summed E-state index contributed by atoms with van der Waals surface area (Å²) >= 11 is 0. The van der Waals surface area contributed by atoms with Gasteiger partial charge in [-0.05, 0) is 89.9 Å². The third-order valence-electron chi connectivity index (χ3n) is 8.10. The second-order valence-electron chi connectivity index (χ2n) is 14.6. The van der Waals surface area contributed by atoms with Gasteiger partial charge in [0.05, 0.1) is 27.7 Å². The Morgan fingerprint density at radius 2 is 1.02 bits per heavy atom. The lowest BCUT2D eigenvalue weighted by Crippen LogP contribution is -2.37. The van der Waals surface area contributed by atoms with Crippen LogP contribution in [0.1, 0.15) is 129 Å². The molecule has 0 bridgehead atoms. The van der Waals surface area contributed by atoms with Crippen molar-refractivity contribution in [3.05, 3.63) is 97.2 Å². The Balaban J connectivity index is 4.58. The Kier molecular flexibility index (Phi) is 35.4. The topological polar surface area (TPSA) is 108 Å². The lowest BCUT2D eigenvalue weighted by atomic mass is 10.1. The highest BCUT2D eigenvalue weighted by Gasteiger charge is 2.27. The van der Waals surface area contributed by atoms with Crippen molar-refractivity contribution in [2.24, 2.45) is 0 Å². The molecule has 0 aliphatic heterocycles. The fourth-order valence-electron chi connectivity index (χ4n) is 4.82. The summed E-state index contributed by atoms with van der Waals surface area (Å²) in [5.41, 5.74) is 0. The largest absolute Gasteiger partial charge is 0.472 e. The van der Waals surface area contributed by atoms with Crippen LogP contribution in [0.2, 0.25) is 0 Å². The Morgan fingerprint density at radius 1 is 0.571 bits per heavy atom. The first kappa shape index (κ1) is 52.9. The summed E-state index contributed by atoms with van der Waals surface area (Å²) < 4.78 is 34.1. The van der Waals surface area contributed by atoms with E-state index in [9.17, 15) is 19.0 Å². The number of phosphoric ester groups is 1. The maximum absolute atomic E-state index is 12.6. The summed E-state index contributed by atoms with van der Waals surface area (Å²) in [5.74, 6) is -0.924. The predicted molar refractivity (Wildman–Crippen MR) is 233 cm³/mol. The monoisotopic (exact) mass is 803 g/mol. The highest BCUT2D eigenvalue weighted by molar-refractivity contribution is 7.47. The predicted octanol–water partition coefficient (Wildman–Crippen LogP) is 11.8. The van der Waals surface area contributed by atoms with Gasteiger partial charge in [-0.2, -0.15) is 0 Å². The summed E-state index contributed by atoms with van der Waals surface area (Å²) in [6.07, 6.45) is 49.0. The van der Waals surface area contributed by atoms with Gasteiger partial charge in [0, 0.05) is 12.8 Å². The molecule has 0 saturated carbocycles. The zero-order chi connectivity index (χ0) is 41.4. The average Bonchev–Trinajstić information content (AvgIpc) is 3.15. The lowest BCUT2D eigenvalue weighted by Gasteiger charge is -2.24. The summed E-state index contributed by atoms with van der Waals surface area (Å²) in [7, 11) is 1.40. The molecule has 0 aliphatic carbocycles. The van der Waals surface area contributed by atoms with Crippen LogP contribution < -0.4 is 0 Å². The number of quaternary nitrogens is 1. The number of ether oxygens (including phenoxy) is 2. The number of allylic oxidation sites excluding steroid dienone is 16. The van der Waals surface area contributed by atoms with Crippen LogP contribution in [0.4, 0.5) is 0 Å². The molecule has 0 aromatic heterocycles. The number of phosphoric acid groups is 1. The molecular weight excluding hydrogens is 725 g/mol. The maximum atomic E-state index is 12.6. The molecule has 0 aromatic rings. The molecule has 0 fully saturated rings. The lowest BCUT2D eigenvalue weighted by molar-refractivity contribution is -0.870. The van der Waals surface area contributed by atoms with Crippen LogP contribution >= 0.6 is 7.82 Å². The molecule has 10 heteroatoms. The molecule has 0 saturated heterocycles. The van der Waals surface area contributed by atoms with Crippen molar-refractivity contribution in [3.8, 4) is 0 Å². The molecule has 56 heavy (non-hydrogen) atoms. The van der Waals surface area contributed by atoms with E-state index in [2.05, 4.69) is 105 Å². The number of carbonyl (C=O) groups is 2. The second kappa shape index (κ2) is 37.5. The van der Waals surface area contributed by atoms with Gasteiger partial charge in [0.2, 0.25) is 0 Å². The average molecular weight is 803 g/mol. The van der Waals surface area contributed by atoms with Gasteiger partial charge < -0.3 is 18.9 Å². The first-order valence-corrected chi connectivity index (χ1v) is 22.5. The van der Waals surface area contributed by atoms with Gasteiger partial charge in [-0.15, -0.1) is 0 Å². The van der Waals surface area contributed by atoms with Crippen molar-refractivity contribution in [1.29, 1.82) is 0 Å². The van der Waals surface area contributed by atoms with Crippen LogP contribution in [0.5, 0.6) is 0 Å². The van der Waals surface area contributed by atoms with Crippen molar-refractivity contribution in [3.63, 3.8) is 0 Å². The van der Waals surface area contributed by atoms with E-state index in [1.807, 2.05) is 27.2 Å². The van der Waals surface area contributed by atoms with Crippen LogP contribution in [-0.2, 0) is 32.7 Å². The van der Waals surface area contributed by atoms with Gasteiger partial charge in [-0.25, -0.2) is 4.57 Å². The van der Waals surface area contributed by atoms with Gasteiger partial charge in [0.1, 0.15) is 19.8 Å². The Bertz CT molecular complexity index is 1270. The van der Waals surface area contributed by atoms with Gasteiger partial charge in [0.15, 0.2) is 6.10 Å². The first-order chi connectivity index (χ1) is 27.0. The number of rotatable bonds is 36. The van der Waals surface area contributed by atoms with Crippen LogP contribution in [0.25, 0.3) is 0 Å². The molecule has 1 N–H and O–H groups in total. The van der Waals surface area contributed by atoms with E-state index in [1.165, 1.54) is 19.3 Å². The number of hydrogen-bond donors (Lipinski definition) is 1. The fraction of sp³-hybridized carbons (Fsp3) is 0.609. The molecule has 1 unspecified atom stereocenters. The number of carbonyl (C=O) groups excluding carboxylic acids is 2. The van der Waals surface area contributed by atoms with Crippen molar-refractivity contribution >= 4 is 19.8 Å². The van der Waals surface area contributed by atoms with E-state index < -0.39 is 32.5 Å². The fourth-order valence-corrected chi connectivity index (χ4v) is 5.56. The molecule has 0 aromatic carbocycles. The number of hydrogen-bond acceptors (Lipinski definition) is 7. The Labute approximate surface area is 341 Å². The molecule has 0 heterocycles. The smallest absolute Gasteiger partial charge is 0.462 e. The first-order valence-electron chi connectivity index (χ1n) is 21.0. The third-order valence-corrected chi connectivity index (χ3v) is 9.08. The number of likely N-dealkylation sites (N-methyl/N-ethyl adjacent to an activating group) is 1. The van der Waals surface area contributed by atoms with Gasteiger partial charge >= 0.3 is 19.8 Å². The zero-order valence-electron chi connectivity index (χ0n) is 35.6. The standard InChI is InChI=1S/C46H76NO8P/c1-6-8-10-12-14-16-18-20-22-23-25-26-28-30-32-34-36-38-45(48)52-42-44(43-54-56(50,51)53-41-40-47(3,4)5)55-46(49)39-37-35-33-31-29-27-24-21-19-17-15-13-11-9-7-2/h8,10,14-17,20-22,24-26,29-32,44H,6-7,9,11-13,18-19,23,27-28,33-43H2,1-5H3/p+1/b10-8+,16-14+,17-15+,22-20+,24-21+,26-25+,31-29+,32-30+/t44-/m1/s1. The molecule has 318 valence electrons. The van der Waals surface area contributed by atoms with Crippen molar-refractivity contribution < 1.29 is 42.1 Å². The van der Waals surface area contributed by atoms with E-state index in [4.69, 9.17) is 18.5 Å². The molecule has 0 rings (SSSR count). The molecule has 0 aliphatic rings. The van der Waals surface area contributed by atoms with Crippen LogP contribution in [0.3, 0.4) is 0 Å². The minimum atomic E-state index is -4.40. The van der Waals surface area contributed by atoms with Gasteiger partial charge in [0.25, 0.3) is 0 Å². The Hall–Kier alpha value is -3.07. The van der Waals surface area contributed by atoms with E-state index in [0.717, 1.165) is 70.6 Å². The highest BCUT2D eigenvalue weighted by Crippen LogP contribution is 2.43. The zero-order valence-corrected chi connectivity index (χ0v) is 36.5. The summed E-state index contributed by atoms with van der Waals surface area (Å²) in [4.78, 5) is 35.3. The quantitative estimate of drug-likeness (QED) is 0.0219. The van der Waals surface area contributed by atoms with E-state index in [1.54, 1.807) is 0 Å². The molecule has 2 atom stereocenters. The van der Waals surface area contributed by atoms with Crippen LogP contribution in [0.15, 0.2) is 97.2 Å². The Morgan fingerprint density at radius 3 is 1.50 bits per heavy atom. The van der Waals surface area contributed by atoms with Crippen molar-refractivity contribution in [2.75, 3.05) is 47.5 Å². The van der Waals surface area contributed by atoms with Crippen LogP contribution in [-0.4, -0.2) is 74.9 Å². The van der Waals surface area contributed by atoms with E-state index >= 15 is 0 Å². The number of esters is 2. The van der Waals surface area contributed by atoms with Gasteiger partial charge in [-0.1, -0.05) is 124 Å². The summed E-state index contributed by atoms with van der Waals surface area (Å²) in [6, 6.07) is 0. The number of nitrogens with zero attached hydrogens (tertiary/aromatic N) is 1. The normalized spacial score (nSPS) is 14.6. The second-order valence-corrected chi connectivity index (χ2v) is 16.1. The molecule has 0 spiro atoms. The third kappa shape index (κ3) is 40.6.